The maximum Gasteiger partial charge on any atom is 0.416 e. The predicted molar refractivity (Wildman–Crippen MR) is 102 cm³/mol. The predicted octanol–water partition coefficient (Wildman–Crippen LogP) is 4.60. The van der Waals surface area contributed by atoms with Gasteiger partial charge in [0.05, 0.1) is 5.56 Å². The largest absolute Gasteiger partial charge is 0.416 e. The maximum atomic E-state index is 14.0. The average Bonchev–Trinajstić information content (AvgIpc) is 2.60. The lowest BCUT2D eigenvalue weighted by atomic mass is 9.87. The monoisotopic (exact) mass is 427 g/mol. The fraction of sp³-hybridized carbons (Fsp3) is 0.105. The van der Waals surface area contributed by atoms with Gasteiger partial charge in [-0.25, -0.2) is 17.9 Å². The van der Waals surface area contributed by atoms with E-state index in [9.17, 15) is 26.0 Å². The summed E-state index contributed by atoms with van der Waals surface area (Å²) in [7, 11) is -4.18. The third-order valence-corrected chi connectivity index (χ3v) is 5.53. The van der Waals surface area contributed by atoms with Crippen LogP contribution < -0.4 is 5.14 Å². The van der Waals surface area contributed by atoms with Gasteiger partial charge in [-0.3, -0.25) is 0 Å². The first-order valence-corrected chi connectivity index (χ1v) is 9.86. The van der Waals surface area contributed by atoms with E-state index in [-0.39, 0.29) is 0 Å². The molecule has 146 valence electrons. The van der Waals surface area contributed by atoms with Gasteiger partial charge in [-0.2, -0.15) is 13.2 Å². The summed E-state index contributed by atoms with van der Waals surface area (Å²) in [6.07, 6.45) is 0.316. The Kier molecular flexibility index (Phi) is 5.26. The second-order valence-electron chi connectivity index (χ2n) is 6.15. The van der Waals surface area contributed by atoms with E-state index in [1.807, 2.05) is 0 Å². The van der Waals surface area contributed by atoms with Crippen molar-refractivity contribution in [3.05, 3.63) is 83.2 Å². The molecule has 2 N–H and O–H groups in total. The van der Waals surface area contributed by atoms with E-state index in [1.54, 1.807) is 24.3 Å². The highest BCUT2D eigenvalue weighted by molar-refractivity contribution is 7.89. The molecule has 1 unspecified atom stereocenters. The number of benzene rings is 2. The molecule has 0 aliphatic heterocycles. The Morgan fingerprint density at radius 3 is 2.36 bits per heavy atom. The molecule has 1 aliphatic carbocycles. The van der Waals surface area contributed by atoms with Gasteiger partial charge in [0.1, 0.15) is 10.7 Å². The number of primary sulfonamides is 1. The molecule has 3 nitrogen and oxygen atoms in total. The van der Waals surface area contributed by atoms with E-state index in [0.717, 1.165) is 24.3 Å². The van der Waals surface area contributed by atoms with Crippen LogP contribution in [0.1, 0.15) is 22.6 Å². The van der Waals surface area contributed by atoms with E-state index in [2.05, 4.69) is 0 Å². The van der Waals surface area contributed by atoms with Crippen molar-refractivity contribution in [2.45, 2.75) is 17.0 Å². The number of halogens is 4. The Hall–Kier alpha value is -2.36. The van der Waals surface area contributed by atoms with Crippen molar-refractivity contribution < 1.29 is 26.0 Å². The Morgan fingerprint density at radius 1 is 1.07 bits per heavy atom. The molecule has 9 heteroatoms. The van der Waals surface area contributed by atoms with Crippen LogP contribution in [-0.2, 0) is 16.2 Å². The topological polar surface area (TPSA) is 60.2 Å². The van der Waals surface area contributed by atoms with Crippen LogP contribution in [-0.4, -0.2) is 13.3 Å². The lowest BCUT2D eigenvalue weighted by Gasteiger charge is -2.19. The molecular formula is C19H13F4NO2S2. The number of hydrogen-bond donors (Lipinski definition) is 1. The van der Waals surface area contributed by atoms with Crippen molar-refractivity contribution in [1.29, 1.82) is 0 Å². The standard InChI is InChI=1S/C19H13F4NO2S2/c20-16-9-11(5-7-18(16)28(24,25)26)12-4-6-15(17(27)10-12)13-2-1-3-14(8-13)19(21,22)23/h1-10,15H,(H2,24,25,26). The number of rotatable bonds is 3. The van der Waals surface area contributed by atoms with Gasteiger partial charge in [0, 0.05) is 10.8 Å². The van der Waals surface area contributed by atoms with Crippen molar-refractivity contribution in [3.8, 4) is 0 Å². The minimum Gasteiger partial charge on any atom is -0.225 e. The molecule has 0 spiro atoms. The maximum absolute atomic E-state index is 14.0. The summed E-state index contributed by atoms with van der Waals surface area (Å²) in [5, 5.41) is 4.94. The van der Waals surface area contributed by atoms with E-state index >= 15 is 0 Å². The van der Waals surface area contributed by atoms with Crippen molar-refractivity contribution in [2.24, 2.45) is 5.14 Å². The molecule has 0 saturated carbocycles. The zero-order valence-corrected chi connectivity index (χ0v) is 15.7. The lowest BCUT2D eigenvalue weighted by molar-refractivity contribution is -0.137. The van der Waals surface area contributed by atoms with E-state index in [0.29, 0.717) is 21.6 Å². The Bertz CT molecular complexity index is 1120. The molecule has 0 fully saturated rings. The van der Waals surface area contributed by atoms with Crippen molar-refractivity contribution in [2.75, 3.05) is 0 Å². The summed E-state index contributed by atoms with van der Waals surface area (Å²) in [6.45, 7) is 0. The zero-order valence-electron chi connectivity index (χ0n) is 14.1. The Balaban J connectivity index is 1.90. The zero-order chi connectivity index (χ0) is 20.7. The van der Waals surface area contributed by atoms with Crippen LogP contribution >= 0.6 is 12.2 Å². The van der Waals surface area contributed by atoms with Crippen LogP contribution in [0.15, 0.2) is 65.6 Å². The molecule has 0 saturated heterocycles. The molecule has 2 aromatic rings. The molecule has 28 heavy (non-hydrogen) atoms. The van der Waals surface area contributed by atoms with Gasteiger partial charge >= 0.3 is 6.18 Å². The Morgan fingerprint density at radius 2 is 1.79 bits per heavy atom. The van der Waals surface area contributed by atoms with Crippen molar-refractivity contribution in [1.82, 2.24) is 0 Å². The van der Waals surface area contributed by atoms with Gasteiger partial charge in [0.15, 0.2) is 0 Å². The minimum atomic E-state index is -4.46. The molecule has 0 aromatic heterocycles. The lowest BCUT2D eigenvalue weighted by Crippen LogP contribution is -2.14. The molecule has 0 amide bonds. The van der Waals surface area contributed by atoms with E-state index in [1.165, 1.54) is 12.1 Å². The summed E-state index contributed by atoms with van der Waals surface area (Å²) < 4.78 is 75.4. The smallest absolute Gasteiger partial charge is 0.225 e. The number of hydrogen-bond acceptors (Lipinski definition) is 3. The van der Waals surface area contributed by atoms with Crippen LogP contribution in [0.5, 0.6) is 0 Å². The number of nitrogens with two attached hydrogens (primary N) is 1. The minimum absolute atomic E-state index is 0.354. The van der Waals surface area contributed by atoms with Crippen LogP contribution in [0.3, 0.4) is 0 Å². The SMILES string of the molecule is NS(=O)(=O)c1ccc(C2=CC(=S)C(c3cccc(C(F)(F)F)c3)C=C2)cc1F. The summed E-state index contributed by atoms with van der Waals surface area (Å²) in [5.41, 5.74) is 0.498. The molecule has 3 rings (SSSR count). The quantitative estimate of drug-likeness (QED) is 0.575. The van der Waals surface area contributed by atoms with Crippen LogP contribution in [0, 0.1) is 5.82 Å². The van der Waals surface area contributed by atoms with Gasteiger partial charge in [0.25, 0.3) is 0 Å². The molecular weight excluding hydrogens is 414 g/mol. The van der Waals surface area contributed by atoms with Gasteiger partial charge in [-0.15, -0.1) is 0 Å². The van der Waals surface area contributed by atoms with Crippen LogP contribution in [0.2, 0.25) is 0 Å². The third-order valence-electron chi connectivity index (χ3n) is 4.22. The van der Waals surface area contributed by atoms with Gasteiger partial charge in [-0.1, -0.05) is 48.6 Å². The average molecular weight is 427 g/mol. The van der Waals surface area contributed by atoms with Gasteiger partial charge in [0.2, 0.25) is 10.0 Å². The summed E-state index contributed by atoms with van der Waals surface area (Å²) in [5.74, 6) is -1.53. The van der Waals surface area contributed by atoms with E-state index < -0.39 is 38.4 Å². The summed E-state index contributed by atoms with van der Waals surface area (Å²) in [4.78, 5) is -0.270. The van der Waals surface area contributed by atoms with Gasteiger partial charge < -0.3 is 0 Å². The van der Waals surface area contributed by atoms with E-state index in [4.69, 9.17) is 17.4 Å². The summed E-state index contributed by atoms with van der Waals surface area (Å²) >= 11 is 5.32. The fourth-order valence-corrected chi connectivity index (χ4v) is 3.79. The molecule has 1 aliphatic rings. The van der Waals surface area contributed by atoms with Crippen LogP contribution in [0.25, 0.3) is 5.57 Å². The normalized spacial score (nSPS) is 17.5. The number of allylic oxidation sites excluding steroid dienone is 4. The molecule has 1 atom stereocenters. The fourth-order valence-electron chi connectivity index (χ4n) is 2.86. The molecule has 0 radical (unpaired) electrons. The number of thiocarbonyl (C=S) groups is 1. The first-order valence-electron chi connectivity index (χ1n) is 7.90. The molecule has 2 aromatic carbocycles. The molecule has 0 bridgehead atoms. The first kappa shape index (κ1) is 20.4. The number of alkyl halides is 3. The second-order valence-corrected chi connectivity index (χ2v) is 8.15. The van der Waals surface area contributed by atoms with Crippen molar-refractivity contribution in [3.63, 3.8) is 0 Å². The van der Waals surface area contributed by atoms with Crippen molar-refractivity contribution >= 4 is 32.7 Å². The molecule has 0 heterocycles. The highest BCUT2D eigenvalue weighted by Gasteiger charge is 2.31. The first-order chi connectivity index (χ1) is 13.0. The highest BCUT2D eigenvalue weighted by atomic mass is 32.2. The summed E-state index contributed by atoms with van der Waals surface area (Å²) in [6, 6.07) is 8.34. The third kappa shape index (κ3) is 4.21. The van der Waals surface area contributed by atoms with Gasteiger partial charge in [-0.05, 0) is 41.0 Å². The van der Waals surface area contributed by atoms with Crippen LogP contribution in [0.4, 0.5) is 17.6 Å². The Labute approximate surface area is 164 Å². The second kappa shape index (κ2) is 7.23. The highest BCUT2D eigenvalue weighted by Crippen LogP contribution is 2.34. The number of sulfonamides is 1.